The smallest absolute Gasteiger partial charge is 0.0489 e. The fourth-order valence-corrected chi connectivity index (χ4v) is 1.13. The second-order valence-corrected chi connectivity index (χ2v) is 2.88. The fourth-order valence-electron chi connectivity index (χ4n) is 0.779. The highest BCUT2D eigenvalue weighted by Crippen LogP contribution is 2.04. The quantitative estimate of drug-likeness (QED) is 0.667. The van der Waals surface area contributed by atoms with E-state index in [1.54, 1.807) is 6.20 Å². The molecule has 1 heterocycles. The predicted molar refractivity (Wildman–Crippen MR) is 48.2 cm³/mol. The van der Waals surface area contributed by atoms with Crippen LogP contribution in [0.5, 0.6) is 0 Å². The summed E-state index contributed by atoms with van der Waals surface area (Å²) >= 11 is 11.1. The zero-order valence-corrected chi connectivity index (χ0v) is 7.57. The van der Waals surface area contributed by atoms with Gasteiger partial charge in [-0.1, -0.05) is 6.07 Å². The van der Waals surface area contributed by atoms with Crippen LogP contribution in [0.25, 0.3) is 0 Å². The first kappa shape index (κ1) is 8.82. The monoisotopic (exact) mass is 189 g/mol. The number of hydrogen-bond donors (Lipinski definition) is 0. The van der Waals surface area contributed by atoms with E-state index in [0.29, 0.717) is 11.8 Å². The Morgan fingerprint density at radius 2 is 2.09 bits per heavy atom. The van der Waals surface area contributed by atoms with Gasteiger partial charge in [0.25, 0.3) is 0 Å². The first-order valence-corrected chi connectivity index (χ1v) is 4.49. The Balaban J connectivity index is 2.66. The van der Waals surface area contributed by atoms with Crippen LogP contribution >= 0.6 is 23.2 Å². The Labute approximate surface area is 76.4 Å². The molecule has 1 aromatic heterocycles. The third kappa shape index (κ3) is 2.68. The first-order chi connectivity index (χ1) is 5.36. The molecule has 1 rings (SSSR count). The van der Waals surface area contributed by atoms with E-state index in [0.717, 1.165) is 17.7 Å². The van der Waals surface area contributed by atoms with Crippen LogP contribution in [-0.4, -0.2) is 10.9 Å². The first-order valence-electron chi connectivity index (χ1n) is 3.42. The van der Waals surface area contributed by atoms with Crippen LogP contribution in [0.15, 0.2) is 18.3 Å². The molecule has 0 fully saturated rings. The Hall–Kier alpha value is -0.270. The zero-order chi connectivity index (χ0) is 8.10. The van der Waals surface area contributed by atoms with E-state index in [4.69, 9.17) is 23.2 Å². The predicted octanol–water partition coefficient (Wildman–Crippen LogP) is 2.60. The maximum absolute atomic E-state index is 5.59. The highest BCUT2D eigenvalue weighted by molar-refractivity contribution is 6.18. The van der Waals surface area contributed by atoms with E-state index in [1.165, 1.54) is 0 Å². The van der Waals surface area contributed by atoms with Crippen LogP contribution in [0.1, 0.15) is 11.3 Å². The molecular formula is C8H9Cl2N. The molecule has 0 saturated carbocycles. The number of nitrogens with zero attached hydrogens (tertiary/aromatic N) is 1. The Kier molecular flexibility index (Phi) is 3.67. The maximum Gasteiger partial charge on any atom is 0.0489 e. The minimum absolute atomic E-state index is 0.522. The molecule has 0 radical (unpaired) electrons. The Morgan fingerprint density at radius 3 is 2.55 bits per heavy atom. The van der Waals surface area contributed by atoms with Crippen LogP contribution in [0.4, 0.5) is 0 Å². The van der Waals surface area contributed by atoms with Crippen molar-refractivity contribution in [2.45, 2.75) is 12.3 Å². The molecule has 60 valence electrons. The lowest BCUT2D eigenvalue weighted by Crippen LogP contribution is -1.91. The second kappa shape index (κ2) is 4.58. The van der Waals surface area contributed by atoms with Gasteiger partial charge in [-0.25, -0.2) is 0 Å². The average molecular weight is 190 g/mol. The molecule has 0 aliphatic rings. The minimum Gasteiger partial charge on any atom is -0.261 e. The van der Waals surface area contributed by atoms with Crippen molar-refractivity contribution in [2.24, 2.45) is 0 Å². The van der Waals surface area contributed by atoms with Crippen LogP contribution in [0, 0.1) is 0 Å². The topological polar surface area (TPSA) is 12.9 Å². The normalized spacial score (nSPS) is 10.0. The van der Waals surface area contributed by atoms with E-state index >= 15 is 0 Å². The number of hydrogen-bond acceptors (Lipinski definition) is 1. The van der Waals surface area contributed by atoms with Gasteiger partial charge in [-0.05, 0) is 11.6 Å². The third-order valence-corrected chi connectivity index (χ3v) is 1.89. The molecule has 0 amide bonds. The second-order valence-electron chi connectivity index (χ2n) is 2.23. The summed E-state index contributed by atoms with van der Waals surface area (Å²) in [4.78, 5) is 4.17. The largest absolute Gasteiger partial charge is 0.261 e. The Bertz CT molecular complexity index is 208. The van der Waals surface area contributed by atoms with Gasteiger partial charge in [0.1, 0.15) is 0 Å². The summed E-state index contributed by atoms with van der Waals surface area (Å²) < 4.78 is 0. The summed E-state index contributed by atoms with van der Waals surface area (Å²) in [6.45, 7) is 0. The molecule has 0 aromatic carbocycles. The van der Waals surface area contributed by atoms with Crippen LogP contribution in [0.3, 0.4) is 0 Å². The molecule has 0 atom stereocenters. The van der Waals surface area contributed by atoms with Crippen molar-refractivity contribution in [3.63, 3.8) is 0 Å². The van der Waals surface area contributed by atoms with Crippen molar-refractivity contribution in [2.75, 3.05) is 5.88 Å². The zero-order valence-electron chi connectivity index (χ0n) is 6.06. The van der Waals surface area contributed by atoms with Gasteiger partial charge in [0.05, 0.1) is 0 Å². The number of aryl methyl sites for hydroxylation is 1. The van der Waals surface area contributed by atoms with Crippen molar-refractivity contribution in [3.05, 3.63) is 29.6 Å². The molecule has 0 bridgehead atoms. The van der Waals surface area contributed by atoms with Crippen molar-refractivity contribution < 1.29 is 0 Å². The number of halogens is 2. The molecule has 3 heteroatoms. The standard InChI is InChI=1S/C8H9Cl2N/c9-4-3-8-2-1-7(5-10)6-11-8/h1-2,6H,3-5H2. The van der Waals surface area contributed by atoms with Gasteiger partial charge in [0.15, 0.2) is 0 Å². The molecule has 0 unspecified atom stereocenters. The summed E-state index contributed by atoms with van der Waals surface area (Å²) in [5.74, 6) is 1.14. The lowest BCUT2D eigenvalue weighted by atomic mass is 10.2. The fraction of sp³-hybridized carbons (Fsp3) is 0.375. The van der Waals surface area contributed by atoms with Gasteiger partial charge in [-0.3, -0.25) is 4.98 Å². The van der Waals surface area contributed by atoms with Gasteiger partial charge < -0.3 is 0 Å². The van der Waals surface area contributed by atoms with Gasteiger partial charge in [0.2, 0.25) is 0 Å². The lowest BCUT2D eigenvalue weighted by Gasteiger charge is -1.97. The summed E-state index contributed by atoms with van der Waals surface area (Å²) in [5, 5.41) is 0. The van der Waals surface area contributed by atoms with Crippen LogP contribution < -0.4 is 0 Å². The summed E-state index contributed by atoms with van der Waals surface area (Å²) in [5.41, 5.74) is 2.07. The summed E-state index contributed by atoms with van der Waals surface area (Å²) in [7, 11) is 0. The van der Waals surface area contributed by atoms with E-state index in [-0.39, 0.29) is 0 Å². The van der Waals surface area contributed by atoms with Gasteiger partial charge in [-0.15, -0.1) is 23.2 Å². The van der Waals surface area contributed by atoms with Crippen LogP contribution in [0.2, 0.25) is 0 Å². The van der Waals surface area contributed by atoms with Crippen molar-refractivity contribution >= 4 is 23.2 Å². The molecular weight excluding hydrogens is 181 g/mol. The van der Waals surface area contributed by atoms with E-state index in [1.807, 2.05) is 12.1 Å². The van der Waals surface area contributed by atoms with Crippen molar-refractivity contribution in [1.82, 2.24) is 4.98 Å². The van der Waals surface area contributed by atoms with Gasteiger partial charge in [0, 0.05) is 30.1 Å². The minimum atomic E-state index is 0.522. The lowest BCUT2D eigenvalue weighted by molar-refractivity contribution is 1.03. The average Bonchev–Trinajstić information content (AvgIpc) is 2.07. The SMILES string of the molecule is ClCCc1ccc(CCl)cn1. The van der Waals surface area contributed by atoms with E-state index < -0.39 is 0 Å². The highest BCUT2D eigenvalue weighted by atomic mass is 35.5. The molecule has 0 saturated heterocycles. The van der Waals surface area contributed by atoms with Crippen LogP contribution in [-0.2, 0) is 12.3 Å². The number of rotatable bonds is 3. The van der Waals surface area contributed by atoms with Crippen molar-refractivity contribution in [3.8, 4) is 0 Å². The maximum atomic E-state index is 5.59. The molecule has 0 aliphatic heterocycles. The number of aromatic nitrogens is 1. The van der Waals surface area contributed by atoms with E-state index in [9.17, 15) is 0 Å². The summed E-state index contributed by atoms with van der Waals surface area (Å²) in [6, 6.07) is 3.93. The van der Waals surface area contributed by atoms with E-state index in [2.05, 4.69) is 4.98 Å². The van der Waals surface area contributed by atoms with Gasteiger partial charge in [-0.2, -0.15) is 0 Å². The molecule has 1 nitrogen and oxygen atoms in total. The molecule has 1 aromatic rings. The highest BCUT2D eigenvalue weighted by Gasteiger charge is 1.93. The van der Waals surface area contributed by atoms with Gasteiger partial charge >= 0.3 is 0 Å². The Morgan fingerprint density at radius 1 is 1.27 bits per heavy atom. The molecule has 0 spiro atoms. The molecule has 0 aliphatic carbocycles. The molecule has 11 heavy (non-hydrogen) atoms. The third-order valence-electron chi connectivity index (χ3n) is 1.39. The molecule has 0 N–H and O–H groups in total. The van der Waals surface area contributed by atoms with Crippen molar-refractivity contribution in [1.29, 1.82) is 0 Å². The number of pyridine rings is 1. The summed E-state index contributed by atoms with van der Waals surface area (Å²) in [6.07, 6.45) is 2.61. The number of alkyl halides is 2.